The lowest BCUT2D eigenvalue weighted by molar-refractivity contribution is -0.132. The molecule has 1 fully saturated rings. The summed E-state index contributed by atoms with van der Waals surface area (Å²) in [5.74, 6) is -2.03. The number of methoxy groups -OCH3 is 1. The van der Waals surface area contributed by atoms with Crippen molar-refractivity contribution in [2.45, 2.75) is 32.7 Å². The summed E-state index contributed by atoms with van der Waals surface area (Å²) in [5, 5.41) is 11.9. The van der Waals surface area contributed by atoms with E-state index >= 15 is 0 Å². The Hall–Kier alpha value is -3.69. The van der Waals surface area contributed by atoms with Crippen molar-refractivity contribution in [3.8, 4) is 5.75 Å². The normalized spacial score (nSPS) is 16.8. The molecule has 1 saturated heterocycles. The van der Waals surface area contributed by atoms with Gasteiger partial charge in [0, 0.05) is 10.6 Å². The molecule has 0 radical (unpaired) electrons. The molecule has 0 aliphatic carbocycles. The van der Waals surface area contributed by atoms with E-state index in [2.05, 4.69) is 11.9 Å². The average Bonchev–Trinajstić information content (AvgIpc) is 3.40. The van der Waals surface area contributed by atoms with Crippen LogP contribution in [0.1, 0.15) is 52.3 Å². The Morgan fingerprint density at radius 3 is 2.43 bits per heavy atom. The van der Waals surface area contributed by atoms with E-state index in [0.717, 1.165) is 24.2 Å². The van der Waals surface area contributed by atoms with Crippen LogP contribution in [0.2, 0.25) is 5.02 Å². The molecule has 1 atom stereocenters. The molecule has 0 bridgehead atoms. The van der Waals surface area contributed by atoms with Gasteiger partial charge in [-0.15, -0.1) is 0 Å². The van der Waals surface area contributed by atoms with Gasteiger partial charge in [0.05, 0.1) is 31.0 Å². The Balaban J connectivity index is 1.81. The number of aryl methyl sites for hydroxylation is 1. The van der Waals surface area contributed by atoms with Gasteiger partial charge in [-0.05, 0) is 55.3 Å². The van der Waals surface area contributed by atoms with Crippen LogP contribution in [0.5, 0.6) is 5.75 Å². The second kappa shape index (κ2) is 11.1. The predicted molar refractivity (Wildman–Crippen MR) is 141 cm³/mol. The summed E-state index contributed by atoms with van der Waals surface area (Å²) in [6, 6.07) is 12.3. The quantitative estimate of drug-likeness (QED) is 0.128. The lowest BCUT2D eigenvalue weighted by atomic mass is 9.95. The molecule has 0 spiro atoms. The van der Waals surface area contributed by atoms with E-state index in [-0.39, 0.29) is 21.3 Å². The third-order valence-electron chi connectivity index (χ3n) is 5.89. The summed E-state index contributed by atoms with van der Waals surface area (Å²) < 4.78 is 10.5. The maximum absolute atomic E-state index is 13.3. The van der Waals surface area contributed by atoms with Crippen LogP contribution in [-0.4, -0.2) is 41.5 Å². The van der Waals surface area contributed by atoms with E-state index < -0.39 is 23.7 Å². The highest BCUT2D eigenvalue weighted by Crippen LogP contribution is 2.44. The zero-order chi connectivity index (χ0) is 26.7. The number of aliphatic hydroxyl groups excluding tert-OH is 1. The molecule has 1 amide bonds. The van der Waals surface area contributed by atoms with Crippen molar-refractivity contribution in [1.82, 2.24) is 4.98 Å². The van der Waals surface area contributed by atoms with Crippen molar-refractivity contribution in [1.29, 1.82) is 0 Å². The predicted octanol–water partition coefficient (Wildman–Crippen LogP) is 5.70. The van der Waals surface area contributed by atoms with Gasteiger partial charge < -0.3 is 14.6 Å². The topological polar surface area (TPSA) is 106 Å². The number of anilines is 1. The number of nitrogens with zero attached hydrogens (tertiary/aromatic N) is 2. The van der Waals surface area contributed by atoms with Crippen molar-refractivity contribution >= 4 is 51.5 Å². The number of carbonyl (C=O) groups excluding carboxylic acids is 3. The molecule has 4 rings (SSSR count). The summed E-state index contributed by atoms with van der Waals surface area (Å²) in [6.07, 6.45) is 1.92. The Kier molecular flexibility index (Phi) is 7.94. The van der Waals surface area contributed by atoms with E-state index in [9.17, 15) is 19.5 Å². The maximum atomic E-state index is 13.3. The molecule has 1 aromatic heterocycles. The van der Waals surface area contributed by atoms with E-state index in [1.54, 1.807) is 55.5 Å². The molecule has 2 heterocycles. The number of Topliss-reactive ketones (excluding diaryl/α,β-unsaturated/α-hetero) is 1. The molecule has 0 saturated carbocycles. The number of carbonyl (C=O) groups is 3. The highest BCUT2D eigenvalue weighted by atomic mass is 35.5. The Morgan fingerprint density at radius 1 is 1.14 bits per heavy atom. The molecule has 1 aliphatic rings. The molecule has 2 aromatic carbocycles. The van der Waals surface area contributed by atoms with Crippen LogP contribution in [-0.2, 0) is 14.3 Å². The van der Waals surface area contributed by atoms with Gasteiger partial charge in [0.25, 0.3) is 5.78 Å². The van der Waals surface area contributed by atoms with Gasteiger partial charge in [-0.3, -0.25) is 14.5 Å². The molecule has 192 valence electrons. The van der Waals surface area contributed by atoms with Crippen molar-refractivity contribution in [3.05, 3.63) is 80.8 Å². The summed E-state index contributed by atoms with van der Waals surface area (Å²) >= 11 is 7.01. The highest BCUT2D eigenvalue weighted by Gasteiger charge is 2.48. The Bertz CT molecular complexity index is 1360. The zero-order valence-corrected chi connectivity index (χ0v) is 22.1. The molecular weight excluding hydrogens is 516 g/mol. The van der Waals surface area contributed by atoms with Crippen LogP contribution < -0.4 is 9.64 Å². The summed E-state index contributed by atoms with van der Waals surface area (Å²) in [5.41, 5.74) is 1.16. The first kappa shape index (κ1) is 26.4. The number of halogens is 1. The third kappa shape index (κ3) is 5.23. The van der Waals surface area contributed by atoms with Crippen molar-refractivity contribution in [3.63, 3.8) is 0 Å². The van der Waals surface area contributed by atoms with E-state index in [1.165, 1.54) is 12.0 Å². The minimum atomic E-state index is -0.992. The van der Waals surface area contributed by atoms with Crippen LogP contribution in [0, 0.1) is 6.92 Å². The largest absolute Gasteiger partial charge is 0.507 e. The number of aromatic nitrogens is 1. The third-order valence-corrected chi connectivity index (χ3v) is 7.28. The number of thiazole rings is 1. The first-order valence-corrected chi connectivity index (χ1v) is 12.8. The Labute approximate surface area is 223 Å². The number of ketones is 1. The SMILES string of the molecule is CCCCOc1ccc(C(O)=C2C(=O)C(=O)N(c3nc(C)c(C(=O)OC)s3)[C@@H]2c2ccc(Cl)cc2)cc1. The number of rotatable bonds is 8. The number of aliphatic hydroxyl groups is 1. The number of unbranched alkanes of at least 4 members (excludes halogenated alkanes) is 1. The summed E-state index contributed by atoms with van der Waals surface area (Å²) in [4.78, 5) is 44.6. The van der Waals surface area contributed by atoms with Crippen molar-refractivity contribution in [2.24, 2.45) is 0 Å². The van der Waals surface area contributed by atoms with Gasteiger partial charge >= 0.3 is 11.9 Å². The number of esters is 1. The highest BCUT2D eigenvalue weighted by molar-refractivity contribution is 7.17. The molecule has 8 nitrogen and oxygen atoms in total. The first-order valence-electron chi connectivity index (χ1n) is 11.6. The van der Waals surface area contributed by atoms with Crippen LogP contribution in [0.15, 0.2) is 54.1 Å². The van der Waals surface area contributed by atoms with Crippen LogP contribution >= 0.6 is 22.9 Å². The molecule has 3 aromatic rings. The van der Waals surface area contributed by atoms with Gasteiger partial charge in [0.1, 0.15) is 16.4 Å². The Morgan fingerprint density at radius 2 is 1.81 bits per heavy atom. The molecule has 1 N–H and O–H groups in total. The summed E-state index contributed by atoms with van der Waals surface area (Å²) in [7, 11) is 1.25. The standard InChI is InChI=1S/C27H25ClN2O6S/c1-4-5-14-36-19-12-8-17(9-13-19)22(31)20-21(16-6-10-18(28)11-7-16)30(25(33)23(20)32)27-29-15(2)24(37-27)26(34)35-3/h6-13,21,31H,4-5,14H2,1-3H3/t21-/m1/s1. The van der Waals surface area contributed by atoms with Crippen molar-refractivity contribution < 1.29 is 29.0 Å². The van der Waals surface area contributed by atoms with E-state index in [4.69, 9.17) is 21.1 Å². The second-order valence-corrected chi connectivity index (χ2v) is 9.76. The first-order chi connectivity index (χ1) is 17.8. The summed E-state index contributed by atoms with van der Waals surface area (Å²) in [6.45, 7) is 4.26. The van der Waals surface area contributed by atoms with Gasteiger partial charge in [0.2, 0.25) is 0 Å². The molecule has 37 heavy (non-hydrogen) atoms. The number of ether oxygens (including phenoxy) is 2. The zero-order valence-electron chi connectivity index (χ0n) is 20.5. The second-order valence-electron chi connectivity index (χ2n) is 8.35. The van der Waals surface area contributed by atoms with Gasteiger partial charge in [0.15, 0.2) is 5.13 Å². The molecule has 10 heteroatoms. The number of hydrogen-bond donors (Lipinski definition) is 1. The number of benzene rings is 2. The molecule has 0 unspecified atom stereocenters. The molecular formula is C27H25ClN2O6S. The lowest BCUT2D eigenvalue weighted by Crippen LogP contribution is -2.29. The number of amides is 1. The van der Waals surface area contributed by atoms with Gasteiger partial charge in [-0.1, -0.05) is 48.4 Å². The maximum Gasteiger partial charge on any atom is 0.350 e. The van der Waals surface area contributed by atoms with E-state index in [1.807, 2.05) is 0 Å². The average molecular weight is 541 g/mol. The van der Waals surface area contributed by atoms with E-state index in [0.29, 0.717) is 34.2 Å². The fourth-order valence-corrected chi connectivity index (χ4v) is 5.09. The van der Waals surface area contributed by atoms with Crippen molar-refractivity contribution in [2.75, 3.05) is 18.6 Å². The molecule has 1 aliphatic heterocycles. The van der Waals surface area contributed by atoms with Crippen LogP contribution in [0.25, 0.3) is 5.76 Å². The monoisotopic (exact) mass is 540 g/mol. The smallest absolute Gasteiger partial charge is 0.350 e. The van der Waals surface area contributed by atoms with Gasteiger partial charge in [-0.25, -0.2) is 9.78 Å². The minimum absolute atomic E-state index is 0.0977. The lowest BCUT2D eigenvalue weighted by Gasteiger charge is -2.23. The number of hydrogen-bond acceptors (Lipinski definition) is 8. The van der Waals surface area contributed by atoms with Gasteiger partial charge in [-0.2, -0.15) is 0 Å². The fraction of sp³-hybridized carbons (Fsp3) is 0.259. The van der Waals surface area contributed by atoms with Crippen LogP contribution in [0.4, 0.5) is 5.13 Å². The minimum Gasteiger partial charge on any atom is -0.507 e. The van der Waals surface area contributed by atoms with Crippen LogP contribution in [0.3, 0.4) is 0 Å². The fourth-order valence-electron chi connectivity index (χ4n) is 3.96.